The first-order valence-corrected chi connectivity index (χ1v) is 2.96. The molecular weight excluding hydrogens is 166 g/mol. The molecule has 1 N–H and O–H groups in total. The molecule has 1 aliphatic rings. The zero-order valence-corrected chi connectivity index (χ0v) is 6.12. The molecule has 0 spiro atoms. The summed E-state index contributed by atoms with van der Waals surface area (Å²) in [5.41, 5.74) is -0.216. The molecular formula is C6H5NO5. The standard InChI is InChI=1S/C6H5NO5/c1-11-4(8)2-3-5(9)12-6(10)7-3/h2H,1H3,(H,7,10)/b3-2-. The van der Waals surface area contributed by atoms with E-state index in [9.17, 15) is 14.4 Å². The fourth-order valence-electron chi connectivity index (χ4n) is 0.597. The molecule has 0 radical (unpaired) electrons. The summed E-state index contributed by atoms with van der Waals surface area (Å²) in [5.74, 6) is -1.62. The predicted octanol–water partition coefficient (Wildman–Crippen LogP) is -0.690. The fraction of sp³-hybridized carbons (Fsp3) is 0.167. The number of hydrogen-bond donors (Lipinski definition) is 1. The zero-order chi connectivity index (χ0) is 9.14. The van der Waals surface area contributed by atoms with Crippen molar-refractivity contribution in [2.45, 2.75) is 0 Å². The molecule has 12 heavy (non-hydrogen) atoms. The fourth-order valence-corrected chi connectivity index (χ4v) is 0.597. The van der Waals surface area contributed by atoms with Gasteiger partial charge in [0.1, 0.15) is 5.70 Å². The van der Waals surface area contributed by atoms with Gasteiger partial charge in [0.05, 0.1) is 13.2 Å². The Morgan fingerprint density at radius 2 is 2.25 bits per heavy atom. The van der Waals surface area contributed by atoms with Gasteiger partial charge in [-0.1, -0.05) is 0 Å². The van der Waals surface area contributed by atoms with Crippen LogP contribution in [0.15, 0.2) is 11.8 Å². The van der Waals surface area contributed by atoms with E-state index < -0.39 is 18.0 Å². The maximum atomic E-state index is 10.7. The number of alkyl carbamates (subject to hydrolysis) is 1. The molecule has 0 aromatic carbocycles. The van der Waals surface area contributed by atoms with Crippen LogP contribution in [-0.2, 0) is 19.1 Å². The maximum Gasteiger partial charge on any atom is 0.419 e. The number of ether oxygens (including phenoxy) is 2. The van der Waals surface area contributed by atoms with Crippen molar-refractivity contribution in [1.82, 2.24) is 5.32 Å². The Bertz CT molecular complexity index is 280. The van der Waals surface area contributed by atoms with Gasteiger partial charge in [-0.15, -0.1) is 0 Å². The minimum atomic E-state index is -0.893. The van der Waals surface area contributed by atoms with Crippen molar-refractivity contribution in [2.75, 3.05) is 7.11 Å². The summed E-state index contributed by atoms with van der Waals surface area (Å²) in [5, 5.41) is 2.02. The van der Waals surface area contributed by atoms with Gasteiger partial charge >= 0.3 is 18.0 Å². The minimum absolute atomic E-state index is 0.216. The normalized spacial score (nSPS) is 18.9. The highest BCUT2D eigenvalue weighted by atomic mass is 16.6. The lowest BCUT2D eigenvalue weighted by Crippen LogP contribution is -2.13. The Balaban J connectivity index is 2.76. The number of carbonyl (C=O) groups excluding carboxylic acids is 3. The van der Waals surface area contributed by atoms with Gasteiger partial charge < -0.3 is 9.47 Å². The molecule has 0 saturated carbocycles. The first-order valence-electron chi connectivity index (χ1n) is 2.96. The summed E-state index contributed by atoms with van der Waals surface area (Å²) >= 11 is 0. The molecule has 1 amide bonds. The predicted molar refractivity (Wildman–Crippen MR) is 34.7 cm³/mol. The second-order valence-corrected chi connectivity index (χ2v) is 1.88. The van der Waals surface area contributed by atoms with E-state index in [1.165, 1.54) is 0 Å². The molecule has 0 unspecified atom stereocenters. The van der Waals surface area contributed by atoms with Crippen LogP contribution in [0.25, 0.3) is 0 Å². The molecule has 6 nitrogen and oxygen atoms in total. The Morgan fingerprint density at radius 3 is 2.67 bits per heavy atom. The number of cyclic esters (lactones) is 2. The highest BCUT2D eigenvalue weighted by molar-refractivity contribution is 6.07. The Kier molecular flexibility index (Phi) is 2.09. The largest absolute Gasteiger partial charge is 0.466 e. The molecule has 0 aliphatic carbocycles. The van der Waals surface area contributed by atoms with Crippen LogP contribution < -0.4 is 5.32 Å². The van der Waals surface area contributed by atoms with Gasteiger partial charge in [0, 0.05) is 0 Å². The molecule has 0 aromatic heterocycles. The van der Waals surface area contributed by atoms with Crippen molar-refractivity contribution in [2.24, 2.45) is 0 Å². The zero-order valence-electron chi connectivity index (χ0n) is 6.12. The maximum absolute atomic E-state index is 10.7. The number of methoxy groups -OCH3 is 1. The van der Waals surface area contributed by atoms with Crippen LogP contribution in [-0.4, -0.2) is 25.1 Å². The lowest BCUT2D eigenvalue weighted by molar-refractivity contribution is -0.136. The van der Waals surface area contributed by atoms with Crippen LogP contribution in [0.5, 0.6) is 0 Å². The van der Waals surface area contributed by atoms with Crippen molar-refractivity contribution in [3.63, 3.8) is 0 Å². The van der Waals surface area contributed by atoms with Gasteiger partial charge in [-0.05, 0) is 0 Å². The number of nitrogens with one attached hydrogen (secondary N) is 1. The van der Waals surface area contributed by atoms with Gasteiger partial charge in [-0.3, -0.25) is 5.32 Å². The van der Waals surface area contributed by atoms with Crippen LogP contribution in [0.3, 0.4) is 0 Å². The van der Waals surface area contributed by atoms with E-state index in [1.54, 1.807) is 0 Å². The molecule has 1 heterocycles. The lowest BCUT2D eigenvalue weighted by atomic mass is 10.4. The monoisotopic (exact) mass is 171 g/mol. The highest BCUT2D eigenvalue weighted by Gasteiger charge is 2.26. The molecule has 1 fully saturated rings. The number of hydrogen-bond acceptors (Lipinski definition) is 5. The van der Waals surface area contributed by atoms with E-state index in [0.717, 1.165) is 13.2 Å². The third-order valence-corrected chi connectivity index (χ3v) is 1.11. The van der Waals surface area contributed by atoms with Gasteiger partial charge in [-0.2, -0.15) is 0 Å². The van der Waals surface area contributed by atoms with Crippen LogP contribution in [0.2, 0.25) is 0 Å². The van der Waals surface area contributed by atoms with Crippen LogP contribution in [0.1, 0.15) is 0 Å². The van der Waals surface area contributed by atoms with Crippen LogP contribution in [0, 0.1) is 0 Å². The van der Waals surface area contributed by atoms with Crippen molar-refractivity contribution in [3.8, 4) is 0 Å². The molecule has 6 heteroatoms. The lowest BCUT2D eigenvalue weighted by Gasteiger charge is -1.90. The van der Waals surface area contributed by atoms with Crippen LogP contribution in [0.4, 0.5) is 4.79 Å². The third-order valence-electron chi connectivity index (χ3n) is 1.11. The smallest absolute Gasteiger partial charge is 0.419 e. The molecule has 0 aromatic rings. The summed E-state index contributed by atoms with van der Waals surface area (Å²) in [7, 11) is 1.15. The Hall–Kier alpha value is -1.85. The van der Waals surface area contributed by atoms with Crippen molar-refractivity contribution in [3.05, 3.63) is 11.8 Å². The number of esters is 2. The average molecular weight is 171 g/mol. The Labute approximate surface area is 67.1 Å². The summed E-state index contributed by atoms with van der Waals surface area (Å²) in [6, 6.07) is 0. The number of amides is 1. The van der Waals surface area contributed by atoms with Crippen molar-refractivity contribution < 1.29 is 23.9 Å². The molecule has 0 bridgehead atoms. The molecule has 1 saturated heterocycles. The van der Waals surface area contributed by atoms with Gasteiger partial charge in [-0.25, -0.2) is 14.4 Å². The van der Waals surface area contributed by atoms with Gasteiger partial charge in [0.25, 0.3) is 0 Å². The number of rotatable bonds is 1. The van der Waals surface area contributed by atoms with Gasteiger partial charge in [0.2, 0.25) is 0 Å². The number of carbonyl (C=O) groups is 3. The second kappa shape index (κ2) is 3.04. The van der Waals surface area contributed by atoms with Crippen molar-refractivity contribution in [1.29, 1.82) is 0 Å². The molecule has 0 atom stereocenters. The van der Waals surface area contributed by atoms with Gasteiger partial charge in [0.15, 0.2) is 0 Å². The summed E-state index contributed by atoms with van der Waals surface area (Å²) in [4.78, 5) is 31.6. The second-order valence-electron chi connectivity index (χ2n) is 1.88. The SMILES string of the molecule is COC(=O)/C=C1\NC(=O)OC1=O. The van der Waals surface area contributed by atoms with E-state index >= 15 is 0 Å². The van der Waals surface area contributed by atoms with E-state index in [2.05, 4.69) is 9.47 Å². The highest BCUT2D eigenvalue weighted by Crippen LogP contribution is 2.03. The third kappa shape index (κ3) is 1.60. The molecule has 64 valence electrons. The van der Waals surface area contributed by atoms with E-state index in [4.69, 9.17) is 0 Å². The van der Waals surface area contributed by atoms with Crippen molar-refractivity contribution >= 4 is 18.0 Å². The van der Waals surface area contributed by atoms with E-state index in [-0.39, 0.29) is 5.70 Å². The topological polar surface area (TPSA) is 81.7 Å². The Morgan fingerprint density at radius 1 is 1.58 bits per heavy atom. The van der Waals surface area contributed by atoms with E-state index in [0.29, 0.717) is 0 Å². The summed E-state index contributed by atoms with van der Waals surface area (Å²) in [6.45, 7) is 0. The minimum Gasteiger partial charge on any atom is -0.466 e. The average Bonchev–Trinajstić information content (AvgIpc) is 2.30. The summed E-state index contributed by atoms with van der Waals surface area (Å²) in [6.07, 6.45) is -0.0529. The van der Waals surface area contributed by atoms with Crippen LogP contribution >= 0.6 is 0 Å². The summed E-state index contributed by atoms with van der Waals surface area (Å²) < 4.78 is 8.28. The quantitative estimate of drug-likeness (QED) is 0.321. The van der Waals surface area contributed by atoms with E-state index in [1.807, 2.05) is 5.32 Å². The first-order chi connectivity index (χ1) is 5.63. The molecule has 1 rings (SSSR count). The first kappa shape index (κ1) is 8.25. The molecule has 1 aliphatic heterocycles.